The summed E-state index contributed by atoms with van der Waals surface area (Å²) in [6.07, 6.45) is 2.24. The maximum atomic E-state index is 5.50. The van der Waals surface area contributed by atoms with Gasteiger partial charge in [-0.3, -0.25) is 0 Å². The Morgan fingerprint density at radius 3 is 2.67 bits per heavy atom. The van der Waals surface area contributed by atoms with E-state index in [4.69, 9.17) is 5.73 Å². The summed E-state index contributed by atoms with van der Waals surface area (Å²) in [6, 6.07) is 15.5. The molecule has 0 heterocycles. The largest absolute Gasteiger partial charge is 0.330 e. The molecule has 0 aromatic heterocycles. The van der Waals surface area contributed by atoms with Crippen molar-refractivity contribution in [2.45, 2.75) is 25.8 Å². The minimum Gasteiger partial charge on any atom is -0.330 e. The fourth-order valence-corrected chi connectivity index (χ4v) is 2.33. The first kappa shape index (κ1) is 13.1. The molecule has 0 spiro atoms. The number of unbranched alkanes of at least 4 members (excludes halogenated alkanes) is 1. The van der Waals surface area contributed by atoms with Gasteiger partial charge in [0.2, 0.25) is 0 Å². The van der Waals surface area contributed by atoms with Crippen LogP contribution in [0.4, 0.5) is 0 Å². The summed E-state index contributed by atoms with van der Waals surface area (Å²) in [7, 11) is 0. The van der Waals surface area contributed by atoms with Crippen molar-refractivity contribution in [1.82, 2.24) is 5.32 Å². The summed E-state index contributed by atoms with van der Waals surface area (Å²) < 4.78 is 0. The first-order chi connectivity index (χ1) is 8.83. The van der Waals surface area contributed by atoms with Crippen LogP contribution in [-0.4, -0.2) is 13.1 Å². The molecule has 3 N–H and O–H groups in total. The Balaban J connectivity index is 2.10. The first-order valence-electron chi connectivity index (χ1n) is 6.74. The molecule has 2 rings (SSSR count). The average molecular weight is 242 g/mol. The zero-order valence-corrected chi connectivity index (χ0v) is 11.0. The lowest BCUT2D eigenvalue weighted by molar-refractivity contribution is 0.551. The lowest BCUT2D eigenvalue weighted by Crippen LogP contribution is -2.20. The summed E-state index contributed by atoms with van der Waals surface area (Å²) >= 11 is 0. The molecule has 0 aliphatic rings. The van der Waals surface area contributed by atoms with Crippen LogP contribution in [0.5, 0.6) is 0 Å². The van der Waals surface area contributed by atoms with Gasteiger partial charge in [0.05, 0.1) is 0 Å². The van der Waals surface area contributed by atoms with Gasteiger partial charge in [-0.05, 0) is 49.2 Å². The van der Waals surface area contributed by atoms with Crippen molar-refractivity contribution in [3.05, 3.63) is 48.0 Å². The summed E-state index contributed by atoms with van der Waals surface area (Å²) in [5, 5.41) is 6.23. The van der Waals surface area contributed by atoms with Crippen molar-refractivity contribution in [2.24, 2.45) is 5.73 Å². The number of hydrogen-bond acceptors (Lipinski definition) is 2. The molecule has 1 atom stereocenters. The lowest BCUT2D eigenvalue weighted by Gasteiger charge is -2.16. The highest BCUT2D eigenvalue weighted by molar-refractivity contribution is 5.86. The van der Waals surface area contributed by atoms with Gasteiger partial charge >= 0.3 is 0 Å². The summed E-state index contributed by atoms with van der Waals surface area (Å²) in [6.45, 7) is 4.04. The van der Waals surface area contributed by atoms with E-state index in [9.17, 15) is 0 Å². The molecule has 2 aromatic carbocycles. The van der Waals surface area contributed by atoms with E-state index in [0.29, 0.717) is 6.04 Å². The van der Waals surface area contributed by atoms with Crippen LogP contribution in [0, 0.1) is 0 Å². The number of nitrogens with one attached hydrogen (secondary N) is 1. The van der Waals surface area contributed by atoms with E-state index >= 15 is 0 Å². The fourth-order valence-electron chi connectivity index (χ4n) is 2.33. The number of rotatable bonds is 6. The molecular formula is C16H22N2. The fraction of sp³-hybridized carbons (Fsp3) is 0.375. The zero-order chi connectivity index (χ0) is 12.8. The van der Waals surface area contributed by atoms with Crippen LogP contribution in [0.1, 0.15) is 31.4 Å². The van der Waals surface area contributed by atoms with Gasteiger partial charge in [0, 0.05) is 6.04 Å². The second-order valence-electron chi connectivity index (χ2n) is 4.74. The second-order valence-corrected chi connectivity index (χ2v) is 4.74. The molecule has 96 valence electrons. The maximum absolute atomic E-state index is 5.50. The molecule has 0 aliphatic carbocycles. The highest BCUT2D eigenvalue weighted by Crippen LogP contribution is 2.23. The molecule has 0 bridgehead atoms. The maximum Gasteiger partial charge on any atom is 0.0297 e. The molecular weight excluding hydrogens is 220 g/mol. The second kappa shape index (κ2) is 6.53. The number of hydrogen-bond donors (Lipinski definition) is 2. The van der Waals surface area contributed by atoms with Crippen molar-refractivity contribution < 1.29 is 0 Å². The van der Waals surface area contributed by atoms with Crippen molar-refractivity contribution in [1.29, 1.82) is 0 Å². The van der Waals surface area contributed by atoms with Gasteiger partial charge in [-0.2, -0.15) is 0 Å². The van der Waals surface area contributed by atoms with Crippen LogP contribution in [0.3, 0.4) is 0 Å². The Bertz CT molecular complexity index is 488. The molecule has 0 saturated heterocycles. The van der Waals surface area contributed by atoms with Crippen LogP contribution >= 0.6 is 0 Å². The lowest BCUT2D eigenvalue weighted by atomic mass is 9.99. The third-order valence-corrected chi connectivity index (χ3v) is 3.37. The minimum absolute atomic E-state index is 0.383. The first-order valence-corrected chi connectivity index (χ1v) is 6.74. The normalized spacial score (nSPS) is 12.8. The van der Waals surface area contributed by atoms with Crippen LogP contribution in [0.15, 0.2) is 42.5 Å². The Kier molecular flexibility index (Phi) is 4.73. The van der Waals surface area contributed by atoms with Crippen LogP contribution < -0.4 is 11.1 Å². The average Bonchev–Trinajstić information content (AvgIpc) is 2.43. The molecule has 2 aromatic rings. The van der Waals surface area contributed by atoms with E-state index in [-0.39, 0.29) is 0 Å². The van der Waals surface area contributed by atoms with E-state index < -0.39 is 0 Å². The molecule has 0 saturated carbocycles. The molecule has 0 radical (unpaired) electrons. The van der Waals surface area contributed by atoms with Crippen LogP contribution in [0.25, 0.3) is 10.8 Å². The van der Waals surface area contributed by atoms with E-state index in [2.05, 4.69) is 54.7 Å². The van der Waals surface area contributed by atoms with Gasteiger partial charge in [0.15, 0.2) is 0 Å². The molecule has 0 aliphatic heterocycles. The van der Waals surface area contributed by atoms with Crippen molar-refractivity contribution in [3.8, 4) is 0 Å². The van der Waals surface area contributed by atoms with Gasteiger partial charge in [-0.15, -0.1) is 0 Å². The zero-order valence-electron chi connectivity index (χ0n) is 11.0. The number of benzene rings is 2. The van der Waals surface area contributed by atoms with Crippen molar-refractivity contribution in [2.75, 3.05) is 13.1 Å². The molecule has 1 unspecified atom stereocenters. The SMILES string of the molecule is CC(NCCCCN)c1cccc2ccccc12. The summed E-state index contributed by atoms with van der Waals surface area (Å²) in [5.74, 6) is 0. The Morgan fingerprint density at radius 1 is 1.06 bits per heavy atom. The molecule has 0 fully saturated rings. The van der Waals surface area contributed by atoms with E-state index in [1.54, 1.807) is 0 Å². The van der Waals surface area contributed by atoms with Gasteiger partial charge in [-0.25, -0.2) is 0 Å². The van der Waals surface area contributed by atoms with Gasteiger partial charge in [0.1, 0.15) is 0 Å². The van der Waals surface area contributed by atoms with Crippen molar-refractivity contribution in [3.63, 3.8) is 0 Å². The number of fused-ring (bicyclic) bond motifs is 1. The quantitative estimate of drug-likeness (QED) is 0.763. The van der Waals surface area contributed by atoms with Gasteiger partial charge in [0.25, 0.3) is 0 Å². The summed E-state index contributed by atoms with van der Waals surface area (Å²) in [4.78, 5) is 0. The molecule has 0 amide bonds. The highest BCUT2D eigenvalue weighted by atomic mass is 14.9. The predicted molar refractivity (Wildman–Crippen MR) is 78.7 cm³/mol. The topological polar surface area (TPSA) is 38.0 Å². The Hall–Kier alpha value is -1.38. The standard InChI is InChI=1S/C16H22N2/c1-13(18-12-5-4-11-17)15-10-6-8-14-7-2-3-9-16(14)15/h2-3,6-10,13,18H,4-5,11-12,17H2,1H3. The third kappa shape index (κ3) is 3.09. The molecule has 2 heteroatoms. The van der Waals surface area contributed by atoms with E-state index in [1.165, 1.54) is 16.3 Å². The Morgan fingerprint density at radius 2 is 1.83 bits per heavy atom. The van der Waals surface area contributed by atoms with Crippen molar-refractivity contribution >= 4 is 10.8 Å². The van der Waals surface area contributed by atoms with Crippen LogP contribution in [-0.2, 0) is 0 Å². The van der Waals surface area contributed by atoms with E-state index in [0.717, 1.165) is 25.9 Å². The van der Waals surface area contributed by atoms with Gasteiger partial charge < -0.3 is 11.1 Å². The van der Waals surface area contributed by atoms with Crippen LogP contribution in [0.2, 0.25) is 0 Å². The van der Waals surface area contributed by atoms with E-state index in [1.807, 2.05) is 0 Å². The monoisotopic (exact) mass is 242 g/mol. The molecule has 18 heavy (non-hydrogen) atoms. The van der Waals surface area contributed by atoms with Gasteiger partial charge in [-0.1, -0.05) is 42.5 Å². The third-order valence-electron chi connectivity index (χ3n) is 3.37. The molecule has 2 nitrogen and oxygen atoms in total. The minimum atomic E-state index is 0.383. The highest BCUT2D eigenvalue weighted by Gasteiger charge is 2.07. The summed E-state index contributed by atoms with van der Waals surface area (Å²) in [5.41, 5.74) is 6.88. The smallest absolute Gasteiger partial charge is 0.0297 e. The number of nitrogens with two attached hydrogens (primary N) is 1. The predicted octanol–water partition coefficient (Wildman–Crippen LogP) is 3.23. The Labute approximate surface area is 109 Å².